The van der Waals surface area contributed by atoms with E-state index in [1.54, 1.807) is 7.11 Å². The Morgan fingerprint density at radius 3 is 2.75 bits per heavy atom. The molecule has 0 amide bonds. The molecular weight excluding hydrogens is 256 g/mol. The van der Waals surface area contributed by atoms with Crippen LogP contribution >= 0.6 is 0 Å². The van der Waals surface area contributed by atoms with Gasteiger partial charge in [0.2, 0.25) is 0 Å². The second-order valence-corrected chi connectivity index (χ2v) is 5.94. The maximum Gasteiger partial charge on any atom is 0.0900 e. The molecule has 0 radical (unpaired) electrons. The van der Waals surface area contributed by atoms with Crippen molar-refractivity contribution in [1.82, 2.24) is 10.2 Å². The van der Waals surface area contributed by atoms with Crippen molar-refractivity contribution in [1.29, 1.82) is 0 Å². The molecule has 4 atom stereocenters. The van der Waals surface area contributed by atoms with Crippen LogP contribution in [0.2, 0.25) is 0 Å². The van der Waals surface area contributed by atoms with E-state index < -0.39 is 6.10 Å². The Kier molecular flexibility index (Phi) is 8.64. The van der Waals surface area contributed by atoms with E-state index in [0.29, 0.717) is 31.7 Å². The summed E-state index contributed by atoms with van der Waals surface area (Å²) < 4.78 is 10.6. The molecule has 1 aliphatic heterocycles. The van der Waals surface area contributed by atoms with Crippen molar-refractivity contribution in [3.8, 4) is 0 Å². The van der Waals surface area contributed by atoms with Crippen LogP contribution in [0.25, 0.3) is 0 Å². The van der Waals surface area contributed by atoms with Crippen LogP contribution in [0.3, 0.4) is 0 Å². The predicted molar refractivity (Wildman–Crippen MR) is 81.0 cm³/mol. The molecule has 1 heterocycles. The molecule has 0 bridgehead atoms. The molecule has 5 heteroatoms. The van der Waals surface area contributed by atoms with Gasteiger partial charge in [-0.15, -0.1) is 0 Å². The van der Waals surface area contributed by atoms with Crippen LogP contribution < -0.4 is 5.32 Å². The third kappa shape index (κ3) is 6.50. The molecule has 0 aromatic rings. The zero-order chi connectivity index (χ0) is 15.0. The Morgan fingerprint density at radius 1 is 1.40 bits per heavy atom. The normalized spacial score (nSPS) is 27.4. The van der Waals surface area contributed by atoms with E-state index in [1.165, 1.54) is 0 Å². The number of nitrogens with zero attached hydrogens (tertiary/aromatic N) is 1. The SMILES string of the molecule is CCNC1CCN(CC(O)COC(C)COC)CC1C. The Balaban J connectivity index is 2.21. The molecule has 0 spiro atoms. The monoisotopic (exact) mass is 288 g/mol. The quantitative estimate of drug-likeness (QED) is 0.655. The zero-order valence-corrected chi connectivity index (χ0v) is 13.5. The average molecular weight is 288 g/mol. The van der Waals surface area contributed by atoms with Gasteiger partial charge >= 0.3 is 0 Å². The highest BCUT2D eigenvalue weighted by Crippen LogP contribution is 2.17. The second kappa shape index (κ2) is 9.68. The highest BCUT2D eigenvalue weighted by Gasteiger charge is 2.26. The molecule has 1 rings (SSSR count). The van der Waals surface area contributed by atoms with Gasteiger partial charge in [0.05, 0.1) is 25.4 Å². The number of aliphatic hydroxyl groups excluding tert-OH is 1. The van der Waals surface area contributed by atoms with E-state index in [9.17, 15) is 5.11 Å². The lowest BCUT2D eigenvalue weighted by molar-refractivity contribution is -0.0429. The first-order valence-electron chi connectivity index (χ1n) is 7.81. The third-order valence-corrected chi connectivity index (χ3v) is 3.90. The summed E-state index contributed by atoms with van der Waals surface area (Å²) in [5.74, 6) is 0.629. The number of piperidine rings is 1. The summed E-state index contributed by atoms with van der Waals surface area (Å²) in [6.45, 7) is 11.2. The van der Waals surface area contributed by atoms with Gasteiger partial charge in [-0.25, -0.2) is 0 Å². The molecule has 20 heavy (non-hydrogen) atoms. The number of β-amino-alcohol motifs (C(OH)–C–C–N with tert-alkyl or cyclic N) is 1. The molecule has 0 aromatic heterocycles. The van der Waals surface area contributed by atoms with Gasteiger partial charge in [0.25, 0.3) is 0 Å². The van der Waals surface area contributed by atoms with Gasteiger partial charge in [0, 0.05) is 26.2 Å². The Labute approximate surface area is 123 Å². The van der Waals surface area contributed by atoms with Crippen molar-refractivity contribution in [2.24, 2.45) is 5.92 Å². The van der Waals surface area contributed by atoms with E-state index in [4.69, 9.17) is 9.47 Å². The lowest BCUT2D eigenvalue weighted by Gasteiger charge is -2.38. The molecule has 2 N–H and O–H groups in total. The van der Waals surface area contributed by atoms with Crippen molar-refractivity contribution in [2.75, 3.05) is 46.5 Å². The fourth-order valence-electron chi connectivity index (χ4n) is 2.87. The van der Waals surface area contributed by atoms with Crippen LogP contribution in [0.15, 0.2) is 0 Å². The van der Waals surface area contributed by atoms with Crippen LogP contribution in [0.5, 0.6) is 0 Å². The zero-order valence-electron chi connectivity index (χ0n) is 13.5. The largest absolute Gasteiger partial charge is 0.389 e. The van der Waals surface area contributed by atoms with E-state index in [1.807, 2.05) is 6.92 Å². The summed E-state index contributed by atoms with van der Waals surface area (Å²) in [6, 6.07) is 0.617. The molecule has 0 aromatic carbocycles. The number of aliphatic hydroxyl groups is 1. The standard InChI is InChI=1S/C15H32N2O3/c1-5-16-15-6-7-17(8-12(15)2)9-14(18)11-20-13(3)10-19-4/h12-16,18H,5-11H2,1-4H3. The highest BCUT2D eigenvalue weighted by molar-refractivity contribution is 4.83. The van der Waals surface area contributed by atoms with Crippen LogP contribution in [0.1, 0.15) is 27.2 Å². The topological polar surface area (TPSA) is 54.0 Å². The van der Waals surface area contributed by atoms with Crippen molar-refractivity contribution in [3.63, 3.8) is 0 Å². The predicted octanol–water partition coefficient (Wildman–Crippen LogP) is 0.719. The molecule has 1 saturated heterocycles. The molecule has 4 unspecified atom stereocenters. The Morgan fingerprint density at radius 2 is 2.15 bits per heavy atom. The summed E-state index contributed by atoms with van der Waals surface area (Å²) in [5.41, 5.74) is 0. The summed E-state index contributed by atoms with van der Waals surface area (Å²) in [5, 5.41) is 13.6. The lowest BCUT2D eigenvalue weighted by atomic mass is 9.93. The first-order valence-corrected chi connectivity index (χ1v) is 7.81. The molecule has 5 nitrogen and oxygen atoms in total. The average Bonchev–Trinajstić information content (AvgIpc) is 2.40. The van der Waals surface area contributed by atoms with Gasteiger partial charge in [-0.05, 0) is 32.4 Å². The molecule has 0 saturated carbocycles. The van der Waals surface area contributed by atoms with E-state index in [-0.39, 0.29) is 6.10 Å². The third-order valence-electron chi connectivity index (χ3n) is 3.90. The van der Waals surface area contributed by atoms with Crippen LogP contribution in [-0.4, -0.2) is 74.8 Å². The van der Waals surface area contributed by atoms with Crippen LogP contribution in [0, 0.1) is 5.92 Å². The number of ether oxygens (including phenoxy) is 2. The van der Waals surface area contributed by atoms with Crippen LogP contribution in [-0.2, 0) is 9.47 Å². The first-order chi connectivity index (χ1) is 9.56. The fourth-order valence-corrected chi connectivity index (χ4v) is 2.87. The Hall–Kier alpha value is -0.200. The maximum atomic E-state index is 10.1. The van der Waals surface area contributed by atoms with Gasteiger partial charge in [0.1, 0.15) is 0 Å². The minimum Gasteiger partial charge on any atom is -0.389 e. The number of hydrogen-bond donors (Lipinski definition) is 2. The summed E-state index contributed by atoms with van der Waals surface area (Å²) >= 11 is 0. The Bertz CT molecular complexity index is 253. The maximum absolute atomic E-state index is 10.1. The van der Waals surface area contributed by atoms with E-state index in [0.717, 1.165) is 26.1 Å². The van der Waals surface area contributed by atoms with Crippen molar-refractivity contribution < 1.29 is 14.6 Å². The fraction of sp³-hybridized carbons (Fsp3) is 1.00. The summed E-state index contributed by atoms with van der Waals surface area (Å²) in [4.78, 5) is 2.34. The number of likely N-dealkylation sites (tertiary alicyclic amines) is 1. The molecule has 0 aliphatic carbocycles. The van der Waals surface area contributed by atoms with Crippen molar-refractivity contribution in [3.05, 3.63) is 0 Å². The minimum atomic E-state index is -0.419. The van der Waals surface area contributed by atoms with Gasteiger partial charge in [-0.2, -0.15) is 0 Å². The summed E-state index contributed by atoms with van der Waals surface area (Å²) in [7, 11) is 1.66. The van der Waals surface area contributed by atoms with Crippen molar-refractivity contribution in [2.45, 2.75) is 45.4 Å². The number of rotatable bonds is 9. The van der Waals surface area contributed by atoms with E-state index in [2.05, 4.69) is 24.1 Å². The molecule has 1 aliphatic rings. The minimum absolute atomic E-state index is 0.0352. The van der Waals surface area contributed by atoms with Gasteiger partial charge in [-0.3, -0.25) is 0 Å². The van der Waals surface area contributed by atoms with Crippen molar-refractivity contribution >= 4 is 0 Å². The van der Waals surface area contributed by atoms with Gasteiger partial charge < -0.3 is 24.8 Å². The smallest absolute Gasteiger partial charge is 0.0900 e. The molecule has 120 valence electrons. The molecule has 1 fully saturated rings. The van der Waals surface area contributed by atoms with Gasteiger partial charge in [0.15, 0.2) is 0 Å². The van der Waals surface area contributed by atoms with Gasteiger partial charge in [-0.1, -0.05) is 13.8 Å². The summed E-state index contributed by atoms with van der Waals surface area (Å²) in [6.07, 6.45) is 0.771. The molecular formula is C15H32N2O3. The number of hydrogen-bond acceptors (Lipinski definition) is 5. The number of methoxy groups -OCH3 is 1. The van der Waals surface area contributed by atoms with E-state index >= 15 is 0 Å². The van der Waals surface area contributed by atoms with Crippen LogP contribution in [0.4, 0.5) is 0 Å². The first kappa shape index (κ1) is 17.9. The number of nitrogens with one attached hydrogen (secondary N) is 1. The lowest BCUT2D eigenvalue weighted by Crippen LogP contribution is -2.50. The second-order valence-electron chi connectivity index (χ2n) is 5.94. The highest BCUT2D eigenvalue weighted by atomic mass is 16.5.